The summed E-state index contributed by atoms with van der Waals surface area (Å²) in [6.07, 6.45) is 1.90. The molecule has 4 heteroatoms. The van der Waals surface area contributed by atoms with Gasteiger partial charge in [0.05, 0.1) is 0 Å². The van der Waals surface area contributed by atoms with Crippen molar-refractivity contribution < 1.29 is 19.5 Å². The van der Waals surface area contributed by atoms with Gasteiger partial charge in [-0.3, -0.25) is 14.4 Å². The molecule has 0 aliphatic heterocycles. The molecule has 2 saturated carbocycles. The first-order valence-corrected chi connectivity index (χ1v) is 5.63. The van der Waals surface area contributed by atoms with Crippen LogP contribution in [-0.4, -0.2) is 22.6 Å². The first-order valence-electron chi connectivity index (χ1n) is 5.63. The van der Waals surface area contributed by atoms with E-state index in [0.717, 1.165) is 12.8 Å². The lowest BCUT2D eigenvalue weighted by atomic mass is 9.66. The van der Waals surface area contributed by atoms with Crippen LogP contribution in [0.5, 0.6) is 0 Å². The van der Waals surface area contributed by atoms with Crippen molar-refractivity contribution in [1.82, 2.24) is 0 Å². The average Bonchev–Trinajstić information content (AvgIpc) is 2.54. The van der Waals surface area contributed by atoms with Crippen LogP contribution in [0.4, 0.5) is 0 Å². The molecule has 2 rings (SSSR count). The summed E-state index contributed by atoms with van der Waals surface area (Å²) >= 11 is 0. The molecule has 0 saturated heterocycles. The number of carboxylic acids is 1. The van der Waals surface area contributed by atoms with Crippen LogP contribution in [-0.2, 0) is 14.4 Å². The van der Waals surface area contributed by atoms with Crippen molar-refractivity contribution >= 4 is 17.5 Å². The van der Waals surface area contributed by atoms with Crippen LogP contribution in [0.1, 0.15) is 39.5 Å². The van der Waals surface area contributed by atoms with E-state index in [2.05, 4.69) is 0 Å². The van der Waals surface area contributed by atoms with E-state index in [0.29, 0.717) is 6.42 Å². The Bertz CT molecular complexity index is 386. The van der Waals surface area contributed by atoms with Crippen molar-refractivity contribution in [2.24, 2.45) is 16.7 Å². The largest absolute Gasteiger partial charge is 0.481 e. The van der Waals surface area contributed by atoms with Crippen LogP contribution >= 0.6 is 0 Å². The summed E-state index contributed by atoms with van der Waals surface area (Å²) < 4.78 is 0. The lowest BCUT2D eigenvalue weighted by molar-refractivity contribution is -0.141. The maximum absolute atomic E-state index is 11.9. The van der Waals surface area contributed by atoms with Crippen molar-refractivity contribution in [3.63, 3.8) is 0 Å². The molecule has 0 aromatic heterocycles. The number of carbonyl (C=O) groups is 3. The number of Topliss-reactive ketones (excluding diaryl/α,β-unsaturated/α-hetero) is 2. The predicted molar refractivity (Wildman–Crippen MR) is 55.8 cm³/mol. The van der Waals surface area contributed by atoms with E-state index in [4.69, 9.17) is 5.11 Å². The molecule has 0 unspecified atom stereocenters. The first kappa shape index (κ1) is 11.3. The highest BCUT2D eigenvalue weighted by atomic mass is 16.4. The van der Waals surface area contributed by atoms with Crippen LogP contribution in [0.15, 0.2) is 0 Å². The minimum absolute atomic E-state index is 0.0309. The van der Waals surface area contributed by atoms with E-state index >= 15 is 0 Å². The lowest BCUT2D eigenvalue weighted by Gasteiger charge is -2.35. The Balaban J connectivity index is 2.31. The third-order valence-corrected chi connectivity index (χ3v) is 4.86. The third kappa shape index (κ3) is 1.13. The van der Waals surface area contributed by atoms with Gasteiger partial charge >= 0.3 is 5.97 Å². The van der Waals surface area contributed by atoms with Crippen molar-refractivity contribution in [3.05, 3.63) is 0 Å². The Hall–Kier alpha value is -1.19. The molecule has 1 N–H and O–H groups in total. The minimum atomic E-state index is -0.865. The molecule has 2 aliphatic rings. The fraction of sp³-hybridized carbons (Fsp3) is 0.750. The number of ketones is 2. The van der Waals surface area contributed by atoms with Gasteiger partial charge in [-0.05, 0) is 24.7 Å². The van der Waals surface area contributed by atoms with Crippen molar-refractivity contribution in [2.45, 2.75) is 39.5 Å². The van der Waals surface area contributed by atoms with Crippen LogP contribution < -0.4 is 0 Å². The second-order valence-corrected chi connectivity index (χ2v) is 5.43. The van der Waals surface area contributed by atoms with Gasteiger partial charge in [0, 0.05) is 17.8 Å². The summed E-state index contributed by atoms with van der Waals surface area (Å²) in [5, 5.41) is 8.73. The summed E-state index contributed by atoms with van der Waals surface area (Å²) in [5.41, 5.74) is -1.07. The number of fused-ring (bicyclic) bond motifs is 2. The minimum Gasteiger partial charge on any atom is -0.481 e. The van der Waals surface area contributed by atoms with Crippen LogP contribution in [0.3, 0.4) is 0 Å². The first-order chi connectivity index (χ1) is 7.33. The van der Waals surface area contributed by atoms with E-state index in [1.54, 1.807) is 0 Å². The van der Waals surface area contributed by atoms with Crippen molar-refractivity contribution in [3.8, 4) is 0 Å². The van der Waals surface area contributed by atoms with Gasteiger partial charge < -0.3 is 5.11 Å². The summed E-state index contributed by atoms with van der Waals surface area (Å²) in [6, 6.07) is 0. The molecule has 16 heavy (non-hydrogen) atoms. The Morgan fingerprint density at radius 3 is 2.50 bits per heavy atom. The molecule has 0 amide bonds. The van der Waals surface area contributed by atoms with Gasteiger partial charge in [-0.25, -0.2) is 0 Å². The number of carboxylic acid groups (broad SMARTS) is 1. The zero-order chi connectivity index (χ0) is 12.1. The molecule has 4 nitrogen and oxygen atoms in total. The second kappa shape index (κ2) is 3.15. The van der Waals surface area contributed by atoms with Crippen LogP contribution in [0, 0.1) is 16.7 Å². The smallest absolute Gasteiger partial charge is 0.303 e. The van der Waals surface area contributed by atoms with Gasteiger partial charge in [-0.1, -0.05) is 13.8 Å². The van der Waals surface area contributed by atoms with Crippen molar-refractivity contribution in [1.29, 1.82) is 0 Å². The maximum atomic E-state index is 11.9. The van der Waals surface area contributed by atoms with Gasteiger partial charge in [0.1, 0.15) is 0 Å². The van der Waals surface area contributed by atoms with E-state index in [-0.39, 0.29) is 23.9 Å². The third-order valence-electron chi connectivity index (χ3n) is 4.86. The molecule has 2 bridgehead atoms. The summed E-state index contributed by atoms with van der Waals surface area (Å²) in [7, 11) is 0. The average molecular weight is 224 g/mol. The molecule has 88 valence electrons. The summed E-state index contributed by atoms with van der Waals surface area (Å²) in [6.45, 7) is 3.72. The Morgan fingerprint density at radius 1 is 1.44 bits per heavy atom. The highest BCUT2D eigenvalue weighted by Crippen LogP contribution is 2.64. The van der Waals surface area contributed by atoms with Gasteiger partial charge in [-0.15, -0.1) is 0 Å². The Kier molecular flexibility index (Phi) is 2.23. The zero-order valence-corrected chi connectivity index (χ0v) is 9.58. The standard InChI is InChI=1S/C12H16O4/c1-11(6-4-8(13)14)7-3-5-12(11,2)10(16)9(7)15/h7H,3-6H2,1-2H3,(H,13,14)/t7-,11+,12+/m1/s1. The number of carbonyl (C=O) groups excluding carboxylic acids is 2. The molecule has 0 aromatic carbocycles. The van der Waals surface area contributed by atoms with E-state index in [9.17, 15) is 14.4 Å². The van der Waals surface area contributed by atoms with Crippen LogP contribution in [0.25, 0.3) is 0 Å². The van der Waals surface area contributed by atoms with Gasteiger partial charge in [0.15, 0.2) is 0 Å². The van der Waals surface area contributed by atoms with E-state index in [1.807, 2.05) is 13.8 Å². The highest BCUT2D eigenvalue weighted by molar-refractivity contribution is 6.43. The molecule has 0 heterocycles. The Morgan fingerprint density at radius 2 is 2.06 bits per heavy atom. The molecule has 0 radical (unpaired) electrons. The maximum Gasteiger partial charge on any atom is 0.303 e. The van der Waals surface area contributed by atoms with Gasteiger partial charge in [0.2, 0.25) is 11.6 Å². The number of hydrogen-bond acceptors (Lipinski definition) is 3. The molecule has 3 atom stereocenters. The summed E-state index contributed by atoms with van der Waals surface area (Å²) in [4.78, 5) is 34.2. The molecular formula is C12H16O4. The number of hydrogen-bond donors (Lipinski definition) is 1. The molecule has 0 aromatic rings. The molecule has 0 spiro atoms. The number of rotatable bonds is 3. The topological polar surface area (TPSA) is 71.4 Å². The van der Waals surface area contributed by atoms with Crippen LogP contribution in [0.2, 0.25) is 0 Å². The van der Waals surface area contributed by atoms with E-state index in [1.165, 1.54) is 0 Å². The van der Waals surface area contributed by atoms with Crippen molar-refractivity contribution in [2.75, 3.05) is 0 Å². The zero-order valence-electron chi connectivity index (χ0n) is 9.58. The molecule has 2 aliphatic carbocycles. The molecular weight excluding hydrogens is 208 g/mol. The second-order valence-electron chi connectivity index (χ2n) is 5.43. The number of aliphatic carboxylic acids is 1. The fourth-order valence-corrected chi connectivity index (χ4v) is 3.46. The lowest BCUT2D eigenvalue weighted by Crippen LogP contribution is -2.35. The highest BCUT2D eigenvalue weighted by Gasteiger charge is 2.68. The fourth-order valence-electron chi connectivity index (χ4n) is 3.46. The normalized spacial score (nSPS) is 41.8. The van der Waals surface area contributed by atoms with Gasteiger partial charge in [0.25, 0.3) is 0 Å². The van der Waals surface area contributed by atoms with E-state index < -0.39 is 16.8 Å². The molecule has 2 fully saturated rings. The summed E-state index contributed by atoms with van der Waals surface area (Å²) in [5.74, 6) is -1.67. The Labute approximate surface area is 94.0 Å². The SMILES string of the molecule is C[C@]12CC[C@H](C(=O)C1=O)[C@]2(C)CCC(=O)O. The quantitative estimate of drug-likeness (QED) is 0.736. The monoisotopic (exact) mass is 224 g/mol. The predicted octanol–water partition coefficient (Wildman–Crippen LogP) is 1.43. The van der Waals surface area contributed by atoms with Gasteiger partial charge in [-0.2, -0.15) is 0 Å².